The van der Waals surface area contributed by atoms with E-state index in [1.54, 1.807) is 0 Å². The molecule has 1 aliphatic heterocycles. The Kier molecular flexibility index (Phi) is 2.49. The molecule has 0 unspecified atom stereocenters. The predicted molar refractivity (Wildman–Crippen MR) is 66.3 cm³/mol. The topological polar surface area (TPSA) is 61.6 Å². The van der Waals surface area contributed by atoms with Crippen LogP contribution in [0.2, 0.25) is 0 Å². The number of hydrogen-bond acceptors (Lipinski definition) is 5. The monoisotopic (exact) mass is 249 g/mol. The van der Waals surface area contributed by atoms with Gasteiger partial charge in [0.1, 0.15) is 11.0 Å². The van der Waals surface area contributed by atoms with Gasteiger partial charge in [-0.2, -0.15) is 0 Å². The summed E-state index contributed by atoms with van der Waals surface area (Å²) in [4.78, 5) is 12.4. The zero-order chi connectivity index (χ0) is 11.8. The highest BCUT2D eigenvalue weighted by Gasteiger charge is 2.24. The number of hydrogen-bond donors (Lipinski definition) is 1. The van der Waals surface area contributed by atoms with Crippen LogP contribution < -0.4 is 5.73 Å². The molecule has 0 spiro atoms. The Balaban J connectivity index is 1.86. The van der Waals surface area contributed by atoms with Crippen LogP contribution in [0, 0.1) is 0 Å². The molecule has 0 atom stereocenters. The lowest BCUT2D eigenvalue weighted by Gasteiger charge is -2.25. The van der Waals surface area contributed by atoms with Gasteiger partial charge in [-0.05, 0) is 29.7 Å². The zero-order valence-electron chi connectivity index (χ0n) is 9.01. The van der Waals surface area contributed by atoms with Crippen molar-refractivity contribution in [2.45, 2.75) is 6.10 Å². The summed E-state index contributed by atoms with van der Waals surface area (Å²) in [6.45, 7) is 1.01. The van der Waals surface area contributed by atoms with Crippen molar-refractivity contribution in [1.82, 2.24) is 0 Å². The molecule has 1 fully saturated rings. The summed E-state index contributed by atoms with van der Waals surface area (Å²) in [5.74, 6) is -0.280. The van der Waals surface area contributed by atoms with Crippen LogP contribution in [0.25, 0.3) is 10.1 Å². The molecule has 1 aromatic heterocycles. The molecule has 0 bridgehead atoms. The van der Waals surface area contributed by atoms with Crippen LogP contribution in [-0.4, -0.2) is 25.3 Å². The molecule has 0 amide bonds. The van der Waals surface area contributed by atoms with E-state index in [1.165, 1.54) is 11.3 Å². The van der Waals surface area contributed by atoms with Gasteiger partial charge in [-0.15, -0.1) is 11.3 Å². The number of anilines is 1. The summed E-state index contributed by atoms with van der Waals surface area (Å²) in [5.41, 5.74) is 6.39. The van der Waals surface area contributed by atoms with Crippen molar-refractivity contribution in [2.24, 2.45) is 0 Å². The summed E-state index contributed by atoms with van der Waals surface area (Å²) in [7, 11) is 0. The lowest BCUT2D eigenvalue weighted by atomic mass is 10.2. The summed E-state index contributed by atoms with van der Waals surface area (Å²) in [6.07, 6.45) is -0.0854. The summed E-state index contributed by atoms with van der Waals surface area (Å²) in [5, 5.41) is 0.979. The first kappa shape index (κ1) is 10.6. The van der Waals surface area contributed by atoms with Gasteiger partial charge in [0.05, 0.1) is 13.2 Å². The maximum atomic E-state index is 11.8. The highest BCUT2D eigenvalue weighted by atomic mass is 32.1. The molecule has 3 rings (SSSR count). The minimum absolute atomic E-state index is 0.0854. The number of thiophene rings is 1. The maximum absolute atomic E-state index is 11.8. The van der Waals surface area contributed by atoms with Crippen molar-refractivity contribution in [3.63, 3.8) is 0 Å². The van der Waals surface area contributed by atoms with E-state index in [2.05, 4.69) is 0 Å². The summed E-state index contributed by atoms with van der Waals surface area (Å²) in [6, 6.07) is 7.42. The number of carbonyl (C=O) groups excluding carboxylic acids is 1. The Hall–Kier alpha value is -1.59. The quantitative estimate of drug-likeness (QED) is 0.653. The van der Waals surface area contributed by atoms with Crippen molar-refractivity contribution >= 4 is 33.1 Å². The fraction of sp³-hybridized carbons (Fsp3) is 0.250. The number of benzene rings is 1. The van der Waals surface area contributed by atoms with Crippen molar-refractivity contribution in [2.75, 3.05) is 18.9 Å². The van der Waals surface area contributed by atoms with Gasteiger partial charge in [0.2, 0.25) is 0 Å². The Morgan fingerprint density at radius 3 is 2.94 bits per heavy atom. The molecule has 1 saturated heterocycles. The molecule has 0 radical (unpaired) electrons. The van der Waals surface area contributed by atoms with E-state index in [0.29, 0.717) is 23.8 Å². The number of fused-ring (bicyclic) bond motifs is 1. The van der Waals surface area contributed by atoms with Crippen LogP contribution in [-0.2, 0) is 9.47 Å². The average molecular weight is 249 g/mol. The van der Waals surface area contributed by atoms with E-state index >= 15 is 0 Å². The SMILES string of the molecule is Nc1ccc2sc(C(=O)OC3COC3)cc2c1. The molecule has 2 aromatic rings. The van der Waals surface area contributed by atoms with Crippen molar-refractivity contribution < 1.29 is 14.3 Å². The van der Waals surface area contributed by atoms with Crippen LogP contribution in [0.1, 0.15) is 9.67 Å². The molecule has 1 aromatic carbocycles. The smallest absolute Gasteiger partial charge is 0.348 e. The van der Waals surface area contributed by atoms with Gasteiger partial charge >= 0.3 is 5.97 Å². The van der Waals surface area contributed by atoms with E-state index in [-0.39, 0.29) is 12.1 Å². The Labute approximate surface area is 102 Å². The molecule has 1 aliphatic rings. The van der Waals surface area contributed by atoms with Gasteiger partial charge in [-0.3, -0.25) is 0 Å². The predicted octanol–water partition coefficient (Wildman–Crippen LogP) is 2.04. The first-order chi connectivity index (χ1) is 8.22. The van der Waals surface area contributed by atoms with Crippen LogP contribution in [0.4, 0.5) is 5.69 Å². The minimum Gasteiger partial charge on any atom is -0.453 e. The van der Waals surface area contributed by atoms with E-state index in [9.17, 15) is 4.79 Å². The maximum Gasteiger partial charge on any atom is 0.348 e. The normalized spacial score (nSPS) is 15.8. The van der Waals surface area contributed by atoms with Gasteiger partial charge in [0.15, 0.2) is 0 Å². The van der Waals surface area contributed by atoms with E-state index in [1.807, 2.05) is 24.3 Å². The number of nitrogens with two attached hydrogens (primary N) is 1. The van der Waals surface area contributed by atoms with Crippen molar-refractivity contribution in [1.29, 1.82) is 0 Å². The number of ether oxygens (including phenoxy) is 2. The number of nitrogen functional groups attached to an aromatic ring is 1. The second-order valence-corrected chi connectivity index (χ2v) is 5.06. The van der Waals surface area contributed by atoms with Crippen LogP contribution >= 0.6 is 11.3 Å². The highest BCUT2D eigenvalue weighted by Crippen LogP contribution is 2.28. The molecular weight excluding hydrogens is 238 g/mol. The molecule has 0 saturated carbocycles. The lowest BCUT2D eigenvalue weighted by Crippen LogP contribution is -2.37. The van der Waals surface area contributed by atoms with Gasteiger partial charge in [-0.1, -0.05) is 0 Å². The molecule has 2 N–H and O–H groups in total. The fourth-order valence-electron chi connectivity index (χ4n) is 1.65. The second-order valence-electron chi connectivity index (χ2n) is 3.97. The zero-order valence-corrected chi connectivity index (χ0v) is 9.83. The molecule has 5 heteroatoms. The molecular formula is C12H11NO3S. The molecule has 4 nitrogen and oxygen atoms in total. The van der Waals surface area contributed by atoms with Gasteiger partial charge in [-0.25, -0.2) is 4.79 Å². The summed E-state index contributed by atoms with van der Waals surface area (Å²) >= 11 is 1.42. The number of esters is 1. The second kappa shape index (κ2) is 4.01. The Bertz CT molecular complexity index is 574. The fourth-order valence-corrected chi connectivity index (χ4v) is 2.58. The Morgan fingerprint density at radius 2 is 2.24 bits per heavy atom. The van der Waals surface area contributed by atoms with Crippen molar-refractivity contribution in [3.05, 3.63) is 29.1 Å². The third kappa shape index (κ3) is 1.99. The van der Waals surface area contributed by atoms with Crippen LogP contribution in [0.15, 0.2) is 24.3 Å². The summed E-state index contributed by atoms with van der Waals surface area (Å²) < 4.78 is 11.2. The molecule has 2 heterocycles. The Morgan fingerprint density at radius 1 is 1.41 bits per heavy atom. The third-order valence-electron chi connectivity index (χ3n) is 2.62. The van der Waals surface area contributed by atoms with E-state index in [0.717, 1.165) is 10.1 Å². The molecule has 88 valence electrons. The van der Waals surface area contributed by atoms with E-state index < -0.39 is 0 Å². The molecule has 0 aliphatic carbocycles. The van der Waals surface area contributed by atoms with Gasteiger partial charge in [0.25, 0.3) is 0 Å². The molecule has 17 heavy (non-hydrogen) atoms. The van der Waals surface area contributed by atoms with Gasteiger partial charge in [0, 0.05) is 10.4 Å². The lowest BCUT2D eigenvalue weighted by molar-refractivity contribution is -0.103. The largest absolute Gasteiger partial charge is 0.453 e. The van der Waals surface area contributed by atoms with Gasteiger partial charge < -0.3 is 15.2 Å². The average Bonchev–Trinajstić information content (AvgIpc) is 2.65. The first-order valence-corrected chi connectivity index (χ1v) is 6.12. The third-order valence-corrected chi connectivity index (χ3v) is 3.72. The number of rotatable bonds is 2. The van der Waals surface area contributed by atoms with Crippen LogP contribution in [0.3, 0.4) is 0 Å². The first-order valence-electron chi connectivity index (χ1n) is 5.30. The minimum atomic E-state index is -0.280. The van der Waals surface area contributed by atoms with Crippen LogP contribution in [0.5, 0.6) is 0 Å². The highest BCUT2D eigenvalue weighted by molar-refractivity contribution is 7.20. The van der Waals surface area contributed by atoms with E-state index in [4.69, 9.17) is 15.2 Å². The van der Waals surface area contributed by atoms with Crippen molar-refractivity contribution in [3.8, 4) is 0 Å². The standard InChI is InChI=1S/C12H11NO3S/c13-8-1-2-10-7(3-8)4-11(17-10)12(14)16-9-5-15-6-9/h1-4,9H,5-6,13H2. The number of carbonyl (C=O) groups is 1.